The van der Waals surface area contributed by atoms with Crippen molar-refractivity contribution in [1.29, 1.82) is 5.26 Å². The fourth-order valence-electron chi connectivity index (χ4n) is 1.31. The van der Waals surface area contributed by atoms with Crippen LogP contribution < -0.4 is 0 Å². The molecule has 0 N–H and O–H groups in total. The maximum absolute atomic E-state index is 8.68. The van der Waals surface area contributed by atoms with Crippen LogP contribution in [0.2, 0.25) is 0 Å². The van der Waals surface area contributed by atoms with Crippen molar-refractivity contribution in [2.45, 2.75) is 0 Å². The van der Waals surface area contributed by atoms with E-state index in [1.165, 1.54) is 3.57 Å². The van der Waals surface area contributed by atoms with Crippen LogP contribution in [0.1, 0.15) is 16.7 Å². The fourth-order valence-corrected chi connectivity index (χ4v) is 1.67. The van der Waals surface area contributed by atoms with Crippen molar-refractivity contribution in [1.82, 2.24) is 0 Å². The monoisotopic (exact) mass is 329 g/mol. The average molecular weight is 329 g/mol. The number of benzene rings is 2. The highest BCUT2D eigenvalue weighted by molar-refractivity contribution is 14.1. The summed E-state index contributed by atoms with van der Waals surface area (Å²) < 4.78 is 1.20. The van der Waals surface area contributed by atoms with Gasteiger partial charge >= 0.3 is 0 Å². The molecule has 0 atom stereocenters. The first-order valence-corrected chi connectivity index (χ1v) is 6.13. The smallest absolute Gasteiger partial charge is 0.0991 e. The molecular formula is C15H8IN. The first-order valence-electron chi connectivity index (χ1n) is 5.06. The van der Waals surface area contributed by atoms with E-state index >= 15 is 0 Å². The lowest BCUT2D eigenvalue weighted by Gasteiger charge is -1.92. The highest BCUT2D eigenvalue weighted by Gasteiger charge is 1.90. The van der Waals surface area contributed by atoms with E-state index in [4.69, 9.17) is 5.26 Å². The van der Waals surface area contributed by atoms with Gasteiger partial charge in [0.2, 0.25) is 0 Å². The van der Waals surface area contributed by atoms with Gasteiger partial charge in [0.25, 0.3) is 0 Å². The maximum Gasteiger partial charge on any atom is 0.0991 e. The van der Waals surface area contributed by atoms with Gasteiger partial charge in [-0.05, 0) is 71.1 Å². The van der Waals surface area contributed by atoms with E-state index in [2.05, 4.69) is 40.5 Å². The third-order valence-electron chi connectivity index (χ3n) is 2.21. The van der Waals surface area contributed by atoms with Gasteiger partial charge in [0.15, 0.2) is 0 Å². The summed E-state index contributed by atoms with van der Waals surface area (Å²) in [5.74, 6) is 6.16. The van der Waals surface area contributed by atoms with Gasteiger partial charge in [-0.15, -0.1) is 0 Å². The highest BCUT2D eigenvalue weighted by Crippen LogP contribution is 2.06. The lowest BCUT2D eigenvalue weighted by molar-refractivity contribution is 1.48. The standard InChI is InChI=1S/C15H8IN/c16-15-9-7-13(8-10-15)2-1-12-3-5-14(11-17)6-4-12/h3-10H. The lowest BCUT2D eigenvalue weighted by atomic mass is 10.1. The molecule has 0 aliphatic heterocycles. The second kappa shape index (κ2) is 5.52. The minimum Gasteiger partial charge on any atom is -0.192 e. The normalized spacial score (nSPS) is 8.94. The molecule has 2 aromatic carbocycles. The maximum atomic E-state index is 8.68. The second-order valence-electron chi connectivity index (χ2n) is 3.45. The van der Waals surface area contributed by atoms with Crippen molar-refractivity contribution >= 4 is 22.6 Å². The molecule has 0 heterocycles. The van der Waals surface area contributed by atoms with Crippen molar-refractivity contribution in [2.75, 3.05) is 0 Å². The van der Waals surface area contributed by atoms with Crippen molar-refractivity contribution in [3.05, 3.63) is 68.8 Å². The first kappa shape index (κ1) is 11.7. The predicted molar refractivity (Wildman–Crippen MR) is 76.3 cm³/mol. The Labute approximate surface area is 114 Å². The van der Waals surface area contributed by atoms with Gasteiger partial charge < -0.3 is 0 Å². The summed E-state index contributed by atoms with van der Waals surface area (Å²) in [5.41, 5.74) is 2.57. The molecule has 0 aliphatic carbocycles. The van der Waals surface area contributed by atoms with Crippen LogP contribution in [0, 0.1) is 26.7 Å². The van der Waals surface area contributed by atoms with Gasteiger partial charge in [0.1, 0.15) is 0 Å². The lowest BCUT2D eigenvalue weighted by Crippen LogP contribution is -1.78. The SMILES string of the molecule is N#Cc1ccc(C#Cc2ccc(I)cc2)cc1. The minimum absolute atomic E-state index is 0.657. The van der Waals surface area contributed by atoms with E-state index in [-0.39, 0.29) is 0 Å². The molecule has 0 amide bonds. The summed E-state index contributed by atoms with van der Waals surface area (Å²) in [6.07, 6.45) is 0. The van der Waals surface area contributed by atoms with Gasteiger partial charge in [0, 0.05) is 14.7 Å². The Morgan fingerprint density at radius 1 is 0.706 bits per heavy atom. The summed E-state index contributed by atoms with van der Waals surface area (Å²) in [6.45, 7) is 0. The van der Waals surface area contributed by atoms with Crippen LogP contribution >= 0.6 is 22.6 Å². The van der Waals surface area contributed by atoms with E-state index < -0.39 is 0 Å². The fraction of sp³-hybridized carbons (Fsp3) is 0. The predicted octanol–water partition coefficient (Wildman–Crippen LogP) is 3.56. The van der Waals surface area contributed by atoms with Crippen LogP contribution in [0.4, 0.5) is 0 Å². The molecule has 2 aromatic rings. The first-order chi connectivity index (χ1) is 8.28. The van der Waals surface area contributed by atoms with E-state index in [9.17, 15) is 0 Å². The summed E-state index contributed by atoms with van der Waals surface area (Å²) in [4.78, 5) is 0. The topological polar surface area (TPSA) is 23.8 Å². The van der Waals surface area contributed by atoms with E-state index in [1.54, 1.807) is 12.1 Å². The molecule has 1 nitrogen and oxygen atoms in total. The zero-order valence-electron chi connectivity index (χ0n) is 8.94. The number of nitriles is 1. The van der Waals surface area contributed by atoms with Crippen LogP contribution in [0.15, 0.2) is 48.5 Å². The molecule has 2 heteroatoms. The number of halogens is 1. The summed E-state index contributed by atoms with van der Waals surface area (Å²) >= 11 is 2.27. The molecule has 0 fully saturated rings. The molecule has 0 saturated carbocycles. The highest BCUT2D eigenvalue weighted by atomic mass is 127. The second-order valence-corrected chi connectivity index (χ2v) is 4.69. The summed E-state index contributed by atoms with van der Waals surface area (Å²) in [6, 6.07) is 17.4. The van der Waals surface area contributed by atoms with Gasteiger partial charge in [-0.2, -0.15) is 5.26 Å². The molecule has 0 aliphatic rings. The summed E-state index contributed by atoms with van der Waals surface area (Å²) in [7, 11) is 0. The van der Waals surface area contributed by atoms with Crippen molar-refractivity contribution < 1.29 is 0 Å². The van der Waals surface area contributed by atoms with Crippen LogP contribution in [0.5, 0.6) is 0 Å². The molecule has 0 unspecified atom stereocenters. The van der Waals surface area contributed by atoms with Crippen LogP contribution in [0.3, 0.4) is 0 Å². The molecule has 0 spiro atoms. The van der Waals surface area contributed by atoms with Crippen LogP contribution in [0.25, 0.3) is 0 Å². The van der Waals surface area contributed by atoms with Crippen LogP contribution in [-0.2, 0) is 0 Å². The Balaban J connectivity index is 2.21. The average Bonchev–Trinajstić information content (AvgIpc) is 2.39. The van der Waals surface area contributed by atoms with Gasteiger partial charge in [-0.1, -0.05) is 11.8 Å². The summed E-state index contributed by atoms with van der Waals surface area (Å²) in [5, 5.41) is 8.68. The van der Waals surface area contributed by atoms with Crippen molar-refractivity contribution in [3.8, 4) is 17.9 Å². The van der Waals surface area contributed by atoms with E-state index in [0.717, 1.165) is 11.1 Å². The Bertz CT molecular complexity index is 607. The third kappa shape index (κ3) is 3.34. The molecule has 80 valence electrons. The molecule has 0 bridgehead atoms. The van der Waals surface area contributed by atoms with E-state index in [0.29, 0.717) is 5.56 Å². The van der Waals surface area contributed by atoms with Crippen LogP contribution in [-0.4, -0.2) is 0 Å². The Hall–Kier alpha value is -1.78. The number of rotatable bonds is 0. The van der Waals surface area contributed by atoms with Crippen molar-refractivity contribution in [2.24, 2.45) is 0 Å². The zero-order valence-corrected chi connectivity index (χ0v) is 11.1. The van der Waals surface area contributed by atoms with Gasteiger partial charge in [0.05, 0.1) is 11.6 Å². The third-order valence-corrected chi connectivity index (χ3v) is 2.93. The molecule has 0 aromatic heterocycles. The van der Waals surface area contributed by atoms with Crippen molar-refractivity contribution in [3.63, 3.8) is 0 Å². The Morgan fingerprint density at radius 3 is 1.59 bits per heavy atom. The Kier molecular flexibility index (Phi) is 3.80. The van der Waals surface area contributed by atoms with Gasteiger partial charge in [-0.25, -0.2) is 0 Å². The molecule has 2 rings (SSSR count). The number of hydrogen-bond acceptors (Lipinski definition) is 1. The minimum atomic E-state index is 0.657. The zero-order chi connectivity index (χ0) is 12.1. The number of hydrogen-bond donors (Lipinski definition) is 0. The molecular weight excluding hydrogens is 321 g/mol. The molecule has 0 saturated heterocycles. The largest absolute Gasteiger partial charge is 0.192 e. The quantitative estimate of drug-likeness (QED) is 0.536. The van der Waals surface area contributed by atoms with Gasteiger partial charge in [-0.3, -0.25) is 0 Å². The Morgan fingerprint density at radius 2 is 1.12 bits per heavy atom. The van der Waals surface area contributed by atoms with E-state index in [1.807, 2.05) is 36.4 Å². The molecule has 17 heavy (non-hydrogen) atoms. The molecule has 0 radical (unpaired) electrons. The number of nitrogens with zero attached hydrogens (tertiary/aromatic N) is 1.